The molecule has 0 fully saturated rings. The van der Waals surface area contributed by atoms with Crippen LogP contribution < -0.4 is 10.1 Å². The monoisotopic (exact) mass is 366 g/mol. The van der Waals surface area contributed by atoms with E-state index < -0.39 is 10.8 Å². The molecule has 0 unspecified atom stereocenters. The van der Waals surface area contributed by atoms with Crippen LogP contribution in [0.25, 0.3) is 6.08 Å². The lowest BCUT2D eigenvalue weighted by atomic mass is 10.2. The Morgan fingerprint density at radius 1 is 1.21 bits per heavy atom. The number of carbonyl (C=O) groups is 1. The standard InChI is InChI=1S/C16H12Cl2N2O4/c1-24-15-6-4-11(20(22)23)9-14(15)19-16(21)7-3-10-2-5-12(17)13(18)8-10/h2-9H,1H3,(H,19,21). The number of nitro groups is 1. The number of anilines is 1. The van der Waals surface area contributed by atoms with E-state index in [0.717, 1.165) is 0 Å². The third-order valence-electron chi connectivity index (χ3n) is 3.02. The Labute approximate surface area is 147 Å². The molecule has 0 heterocycles. The zero-order valence-electron chi connectivity index (χ0n) is 12.5. The van der Waals surface area contributed by atoms with Gasteiger partial charge < -0.3 is 10.1 Å². The third-order valence-corrected chi connectivity index (χ3v) is 3.76. The fourth-order valence-electron chi connectivity index (χ4n) is 1.87. The van der Waals surface area contributed by atoms with Gasteiger partial charge in [0.05, 0.1) is 27.8 Å². The van der Waals surface area contributed by atoms with Gasteiger partial charge in [-0.15, -0.1) is 0 Å². The molecular weight excluding hydrogens is 355 g/mol. The van der Waals surface area contributed by atoms with Crippen molar-refractivity contribution >= 4 is 46.6 Å². The molecule has 2 aromatic carbocycles. The summed E-state index contributed by atoms with van der Waals surface area (Å²) in [7, 11) is 1.41. The van der Waals surface area contributed by atoms with Gasteiger partial charge in [-0.25, -0.2) is 0 Å². The Kier molecular flexibility index (Phi) is 5.78. The number of nitrogens with one attached hydrogen (secondary N) is 1. The highest BCUT2D eigenvalue weighted by Gasteiger charge is 2.12. The number of hydrogen-bond acceptors (Lipinski definition) is 4. The molecule has 1 N–H and O–H groups in total. The van der Waals surface area contributed by atoms with Gasteiger partial charge in [-0.3, -0.25) is 14.9 Å². The second kappa shape index (κ2) is 7.81. The zero-order chi connectivity index (χ0) is 17.7. The molecule has 0 aliphatic rings. The van der Waals surface area contributed by atoms with Crippen molar-refractivity contribution in [1.82, 2.24) is 0 Å². The molecule has 6 nitrogen and oxygen atoms in total. The lowest BCUT2D eigenvalue weighted by Gasteiger charge is -2.08. The van der Waals surface area contributed by atoms with Crippen LogP contribution in [0.5, 0.6) is 5.75 Å². The van der Waals surface area contributed by atoms with E-state index in [2.05, 4.69) is 5.32 Å². The van der Waals surface area contributed by atoms with Crippen molar-refractivity contribution in [3.63, 3.8) is 0 Å². The van der Waals surface area contributed by atoms with Crippen molar-refractivity contribution in [2.24, 2.45) is 0 Å². The van der Waals surface area contributed by atoms with Crippen molar-refractivity contribution in [2.45, 2.75) is 0 Å². The van der Waals surface area contributed by atoms with Gasteiger partial charge in [0.15, 0.2) is 0 Å². The number of carbonyl (C=O) groups excluding carboxylic acids is 1. The summed E-state index contributed by atoms with van der Waals surface area (Å²) in [6.45, 7) is 0. The normalized spacial score (nSPS) is 10.6. The second-order valence-electron chi connectivity index (χ2n) is 4.64. The van der Waals surface area contributed by atoms with E-state index in [4.69, 9.17) is 27.9 Å². The summed E-state index contributed by atoms with van der Waals surface area (Å²) in [6.07, 6.45) is 2.82. The lowest BCUT2D eigenvalue weighted by Crippen LogP contribution is -2.09. The maximum atomic E-state index is 12.0. The molecule has 8 heteroatoms. The number of hydrogen-bond donors (Lipinski definition) is 1. The largest absolute Gasteiger partial charge is 0.495 e. The van der Waals surface area contributed by atoms with Crippen molar-refractivity contribution in [2.75, 3.05) is 12.4 Å². The first-order chi connectivity index (χ1) is 11.4. The molecular formula is C16H12Cl2N2O4. The summed E-state index contributed by atoms with van der Waals surface area (Å²) in [4.78, 5) is 22.3. The Morgan fingerprint density at radius 3 is 2.58 bits per heavy atom. The summed E-state index contributed by atoms with van der Waals surface area (Å²) in [5, 5.41) is 14.2. The number of halogens is 2. The predicted molar refractivity (Wildman–Crippen MR) is 93.8 cm³/mol. The van der Waals surface area contributed by atoms with Gasteiger partial charge in [-0.1, -0.05) is 29.3 Å². The highest BCUT2D eigenvalue weighted by Crippen LogP contribution is 2.29. The quantitative estimate of drug-likeness (QED) is 0.477. The molecule has 24 heavy (non-hydrogen) atoms. The molecule has 0 atom stereocenters. The highest BCUT2D eigenvalue weighted by atomic mass is 35.5. The van der Waals surface area contributed by atoms with Crippen LogP contribution in [0.3, 0.4) is 0 Å². The summed E-state index contributed by atoms with van der Waals surface area (Å²) < 4.78 is 5.08. The molecule has 124 valence electrons. The van der Waals surface area contributed by atoms with E-state index in [1.807, 2.05) is 0 Å². The third kappa shape index (κ3) is 4.47. The van der Waals surface area contributed by atoms with E-state index >= 15 is 0 Å². The van der Waals surface area contributed by atoms with Crippen LogP contribution in [0, 0.1) is 10.1 Å². The molecule has 2 rings (SSSR count). The minimum absolute atomic E-state index is 0.153. The van der Waals surface area contributed by atoms with E-state index in [1.165, 1.54) is 31.4 Å². The zero-order valence-corrected chi connectivity index (χ0v) is 14.0. The molecule has 0 aliphatic carbocycles. The average molecular weight is 367 g/mol. The van der Waals surface area contributed by atoms with E-state index in [9.17, 15) is 14.9 Å². The van der Waals surface area contributed by atoms with Gasteiger partial charge >= 0.3 is 0 Å². The molecule has 0 saturated carbocycles. The number of rotatable bonds is 5. The number of amides is 1. The molecule has 0 bridgehead atoms. The summed E-state index contributed by atoms with van der Waals surface area (Å²) in [5.41, 5.74) is 0.737. The van der Waals surface area contributed by atoms with E-state index in [-0.39, 0.29) is 11.4 Å². The van der Waals surface area contributed by atoms with Crippen molar-refractivity contribution < 1.29 is 14.5 Å². The van der Waals surface area contributed by atoms with Gasteiger partial charge in [0, 0.05) is 18.2 Å². The molecule has 0 radical (unpaired) electrons. The van der Waals surface area contributed by atoms with Gasteiger partial charge in [0.1, 0.15) is 5.75 Å². The van der Waals surface area contributed by atoms with E-state index in [0.29, 0.717) is 21.4 Å². The maximum absolute atomic E-state index is 12.0. The van der Waals surface area contributed by atoms with Crippen LogP contribution in [0.2, 0.25) is 10.0 Å². The van der Waals surface area contributed by atoms with Crippen LogP contribution in [0.4, 0.5) is 11.4 Å². The molecule has 0 spiro atoms. The number of nitrogens with zero attached hydrogens (tertiary/aromatic N) is 1. The van der Waals surface area contributed by atoms with Gasteiger partial charge in [-0.05, 0) is 29.8 Å². The number of methoxy groups -OCH3 is 1. The summed E-state index contributed by atoms with van der Waals surface area (Å²) >= 11 is 11.7. The Hall–Kier alpha value is -2.57. The van der Waals surface area contributed by atoms with Gasteiger partial charge in [-0.2, -0.15) is 0 Å². The maximum Gasteiger partial charge on any atom is 0.271 e. The topological polar surface area (TPSA) is 81.5 Å². The van der Waals surface area contributed by atoms with Crippen molar-refractivity contribution in [3.05, 3.63) is 68.2 Å². The van der Waals surface area contributed by atoms with Gasteiger partial charge in [0.2, 0.25) is 5.91 Å². The lowest BCUT2D eigenvalue weighted by molar-refractivity contribution is -0.384. The summed E-state index contributed by atoms with van der Waals surface area (Å²) in [6, 6.07) is 8.86. The smallest absolute Gasteiger partial charge is 0.271 e. The van der Waals surface area contributed by atoms with Crippen molar-refractivity contribution in [3.8, 4) is 5.75 Å². The first-order valence-corrected chi connectivity index (χ1v) is 7.43. The molecule has 1 amide bonds. The van der Waals surface area contributed by atoms with Crippen molar-refractivity contribution in [1.29, 1.82) is 0 Å². The number of ether oxygens (including phenoxy) is 1. The fraction of sp³-hybridized carbons (Fsp3) is 0.0625. The predicted octanol–water partition coefficient (Wildman–Crippen LogP) is 4.56. The van der Waals surface area contributed by atoms with Crippen LogP contribution in [-0.4, -0.2) is 17.9 Å². The first-order valence-electron chi connectivity index (χ1n) is 6.67. The number of nitro benzene ring substituents is 1. The summed E-state index contributed by atoms with van der Waals surface area (Å²) in [5.74, 6) is -0.156. The SMILES string of the molecule is COc1ccc([N+](=O)[O-])cc1NC(=O)C=Cc1ccc(Cl)c(Cl)c1. The van der Waals surface area contributed by atoms with E-state index in [1.54, 1.807) is 24.3 Å². The number of non-ortho nitro benzene ring substituents is 1. The Bertz CT molecular complexity index is 822. The Morgan fingerprint density at radius 2 is 1.96 bits per heavy atom. The molecule has 0 saturated heterocycles. The first kappa shape index (κ1) is 17.8. The highest BCUT2D eigenvalue weighted by molar-refractivity contribution is 6.42. The minimum Gasteiger partial charge on any atom is -0.495 e. The minimum atomic E-state index is -0.555. The molecule has 0 aromatic heterocycles. The second-order valence-corrected chi connectivity index (χ2v) is 5.45. The van der Waals surface area contributed by atoms with Crippen LogP contribution in [-0.2, 0) is 4.79 Å². The Balaban J connectivity index is 2.16. The molecule has 0 aliphatic heterocycles. The van der Waals surface area contributed by atoms with Crippen LogP contribution >= 0.6 is 23.2 Å². The van der Waals surface area contributed by atoms with Crippen LogP contribution in [0.15, 0.2) is 42.5 Å². The van der Waals surface area contributed by atoms with Gasteiger partial charge in [0.25, 0.3) is 5.69 Å². The number of benzene rings is 2. The average Bonchev–Trinajstić information content (AvgIpc) is 2.55. The molecule has 2 aromatic rings. The fourth-order valence-corrected chi connectivity index (χ4v) is 2.18. The van der Waals surface area contributed by atoms with Crippen LogP contribution in [0.1, 0.15) is 5.56 Å².